The van der Waals surface area contributed by atoms with Gasteiger partial charge in [0.2, 0.25) is 15.9 Å². The number of benzene rings is 3. The molecule has 11 heteroatoms. The summed E-state index contributed by atoms with van der Waals surface area (Å²) < 4.78 is 35.5. The summed E-state index contributed by atoms with van der Waals surface area (Å²) in [5.41, 5.74) is 13.1. The number of methoxy groups -OCH3 is 1. The van der Waals surface area contributed by atoms with Crippen LogP contribution < -0.4 is 20.9 Å². The van der Waals surface area contributed by atoms with Crippen molar-refractivity contribution in [2.45, 2.75) is 17.4 Å². The third-order valence-corrected chi connectivity index (χ3v) is 7.92. The molecule has 0 radical (unpaired) electrons. The maximum Gasteiger partial charge on any atom is 0.248 e. The molecule has 0 aliphatic carbocycles. The maximum absolute atomic E-state index is 13.3. The molecule has 1 atom stereocenters. The molecule has 0 saturated carbocycles. The highest BCUT2D eigenvalue weighted by Gasteiger charge is 2.25. The van der Waals surface area contributed by atoms with Crippen LogP contribution in [-0.4, -0.2) is 32.3 Å². The molecule has 0 bridgehead atoms. The lowest BCUT2D eigenvalue weighted by Gasteiger charge is -2.18. The number of nitrogens with two attached hydrogens (primary N) is 2. The number of rotatable bonds is 9. The van der Waals surface area contributed by atoms with E-state index in [1.54, 1.807) is 31.4 Å². The zero-order valence-electron chi connectivity index (χ0n) is 18.7. The molecule has 1 unspecified atom stereocenters. The Hall–Kier alpha value is -3.80. The smallest absolute Gasteiger partial charge is 0.248 e. The van der Waals surface area contributed by atoms with Gasteiger partial charge in [-0.2, -0.15) is 0 Å². The Kier molecular flexibility index (Phi) is 6.83. The summed E-state index contributed by atoms with van der Waals surface area (Å²) in [7, 11) is -2.47. The van der Waals surface area contributed by atoms with Crippen LogP contribution in [0.2, 0.25) is 0 Å². The number of hydrogen-bond acceptors (Lipinski definition) is 7. The Labute approximate surface area is 206 Å². The first kappa shape index (κ1) is 24.3. The predicted molar refractivity (Wildman–Crippen MR) is 135 cm³/mol. The van der Waals surface area contributed by atoms with Crippen LogP contribution in [0, 0.1) is 5.41 Å². The molecule has 3 aromatic carbocycles. The largest absolute Gasteiger partial charge is 0.497 e. The zero-order chi connectivity index (χ0) is 25.2. The topological polar surface area (TPSA) is 161 Å². The van der Waals surface area contributed by atoms with E-state index in [1.807, 2.05) is 18.2 Å². The molecule has 0 spiro atoms. The fourth-order valence-electron chi connectivity index (χ4n) is 3.55. The van der Waals surface area contributed by atoms with Gasteiger partial charge in [-0.25, -0.2) is 18.1 Å². The van der Waals surface area contributed by atoms with E-state index in [2.05, 4.69) is 9.71 Å². The fraction of sp³-hybridized carbons (Fsp3) is 0.125. The second kappa shape index (κ2) is 9.82. The molecule has 1 aromatic heterocycles. The van der Waals surface area contributed by atoms with E-state index >= 15 is 0 Å². The van der Waals surface area contributed by atoms with Gasteiger partial charge in [0.15, 0.2) is 0 Å². The van der Waals surface area contributed by atoms with E-state index in [-0.39, 0.29) is 22.7 Å². The quantitative estimate of drug-likeness (QED) is 0.200. The van der Waals surface area contributed by atoms with Gasteiger partial charge in [-0.05, 0) is 54.4 Å². The number of nitrogens with zero attached hydrogens (tertiary/aromatic N) is 1. The maximum atomic E-state index is 13.3. The van der Waals surface area contributed by atoms with Crippen molar-refractivity contribution >= 4 is 43.3 Å². The summed E-state index contributed by atoms with van der Waals surface area (Å²) in [5.74, 6) is -0.138. The predicted octanol–water partition coefficient (Wildman–Crippen LogP) is 2.95. The van der Waals surface area contributed by atoms with Gasteiger partial charge >= 0.3 is 0 Å². The second-order valence-corrected chi connectivity index (χ2v) is 10.5. The number of thiazole rings is 1. The number of nitrogens with one attached hydrogen (secondary N) is 2. The number of fused-ring (bicyclic) bond motifs is 1. The fourth-order valence-corrected chi connectivity index (χ4v) is 5.92. The molecular formula is C24H23N5O4S2. The van der Waals surface area contributed by atoms with Gasteiger partial charge in [0, 0.05) is 11.1 Å². The lowest BCUT2D eigenvalue weighted by molar-refractivity contribution is 0.1000. The Balaban J connectivity index is 1.75. The van der Waals surface area contributed by atoms with Crippen molar-refractivity contribution in [3.63, 3.8) is 0 Å². The number of carbonyl (C=O) groups is 1. The highest BCUT2D eigenvalue weighted by molar-refractivity contribution is 7.89. The van der Waals surface area contributed by atoms with Crippen LogP contribution in [-0.2, 0) is 16.4 Å². The standard InChI is InChI=1S/C24H23N5O4S2/c1-33-17-8-9-19-21(13-17)34-24(28-19)20(11-14-4-2-5-15(10-14)22(25)26)29-35(31,32)18-7-3-6-16(12-18)23(27)30/h2-10,12-13,20,29H,11H2,1H3,(H3,25,26)(H2,27,30). The van der Waals surface area contributed by atoms with Crippen molar-refractivity contribution in [3.05, 3.63) is 88.4 Å². The van der Waals surface area contributed by atoms with Gasteiger partial charge in [-0.15, -0.1) is 11.3 Å². The first-order valence-electron chi connectivity index (χ1n) is 10.5. The number of aromatic nitrogens is 1. The third-order valence-electron chi connectivity index (χ3n) is 5.31. The van der Waals surface area contributed by atoms with Gasteiger partial charge in [0.1, 0.15) is 16.6 Å². The van der Waals surface area contributed by atoms with Gasteiger partial charge in [0.25, 0.3) is 0 Å². The number of primary amides is 1. The minimum absolute atomic E-state index is 0.0840. The molecule has 180 valence electrons. The van der Waals surface area contributed by atoms with Crippen LogP contribution in [0.1, 0.15) is 32.5 Å². The minimum atomic E-state index is -4.04. The van der Waals surface area contributed by atoms with Crippen LogP contribution in [0.4, 0.5) is 0 Å². The number of nitrogen functional groups attached to an aromatic ring is 1. The van der Waals surface area contributed by atoms with Crippen molar-refractivity contribution in [3.8, 4) is 5.75 Å². The van der Waals surface area contributed by atoms with Gasteiger partial charge in [0.05, 0.1) is 28.3 Å². The average Bonchev–Trinajstić information content (AvgIpc) is 3.27. The normalized spacial score (nSPS) is 12.4. The highest BCUT2D eigenvalue weighted by atomic mass is 32.2. The van der Waals surface area contributed by atoms with Crippen molar-refractivity contribution in [1.82, 2.24) is 9.71 Å². The Morgan fingerprint density at radius 3 is 2.54 bits per heavy atom. The highest BCUT2D eigenvalue weighted by Crippen LogP contribution is 2.32. The molecule has 4 aromatic rings. The number of sulfonamides is 1. The number of amidine groups is 1. The summed E-state index contributed by atoms with van der Waals surface area (Å²) in [6, 6.07) is 17.3. The average molecular weight is 510 g/mol. The lowest BCUT2D eigenvalue weighted by atomic mass is 10.0. The molecule has 9 nitrogen and oxygen atoms in total. The molecule has 1 heterocycles. The third kappa shape index (κ3) is 5.48. The van der Waals surface area contributed by atoms with E-state index in [0.29, 0.717) is 21.8 Å². The molecule has 4 rings (SSSR count). The number of carbonyl (C=O) groups excluding carboxylic acids is 1. The first-order chi connectivity index (χ1) is 16.7. The Morgan fingerprint density at radius 2 is 1.83 bits per heavy atom. The summed E-state index contributed by atoms with van der Waals surface area (Å²) in [6.07, 6.45) is 0.257. The molecule has 0 fully saturated rings. The van der Waals surface area contributed by atoms with Crippen LogP contribution in [0.15, 0.2) is 71.6 Å². The number of ether oxygens (including phenoxy) is 1. The SMILES string of the molecule is COc1ccc2nc(C(Cc3cccc(C(=N)N)c3)NS(=O)(=O)c3cccc(C(N)=O)c3)sc2c1. The molecule has 35 heavy (non-hydrogen) atoms. The van der Waals surface area contributed by atoms with Gasteiger partial charge in [-0.1, -0.05) is 24.3 Å². The van der Waals surface area contributed by atoms with Crippen molar-refractivity contribution < 1.29 is 17.9 Å². The monoisotopic (exact) mass is 509 g/mol. The minimum Gasteiger partial charge on any atom is -0.497 e. The lowest BCUT2D eigenvalue weighted by Crippen LogP contribution is -2.30. The van der Waals surface area contributed by atoms with E-state index in [0.717, 1.165) is 10.3 Å². The van der Waals surface area contributed by atoms with Crippen molar-refractivity contribution in [2.75, 3.05) is 7.11 Å². The van der Waals surface area contributed by atoms with Crippen molar-refractivity contribution in [1.29, 1.82) is 5.41 Å². The molecule has 0 saturated heterocycles. The zero-order valence-corrected chi connectivity index (χ0v) is 20.3. The van der Waals surface area contributed by atoms with Gasteiger partial charge < -0.3 is 16.2 Å². The molecule has 1 amide bonds. The van der Waals surface area contributed by atoms with Crippen molar-refractivity contribution in [2.24, 2.45) is 11.5 Å². The first-order valence-corrected chi connectivity index (χ1v) is 12.8. The summed E-state index contributed by atoms with van der Waals surface area (Å²) in [5, 5.41) is 8.26. The molecular weight excluding hydrogens is 486 g/mol. The molecule has 6 N–H and O–H groups in total. The van der Waals surface area contributed by atoms with E-state index in [9.17, 15) is 13.2 Å². The Bertz CT molecular complexity index is 1530. The summed E-state index contributed by atoms with van der Waals surface area (Å²) in [6.45, 7) is 0. The summed E-state index contributed by atoms with van der Waals surface area (Å²) in [4.78, 5) is 16.1. The van der Waals surface area contributed by atoms with E-state index in [1.165, 1.54) is 35.6 Å². The van der Waals surface area contributed by atoms with Crippen LogP contribution in [0.5, 0.6) is 5.75 Å². The molecule has 0 aliphatic rings. The van der Waals surface area contributed by atoms with Crippen LogP contribution in [0.3, 0.4) is 0 Å². The number of hydrogen-bond donors (Lipinski definition) is 4. The Morgan fingerprint density at radius 1 is 1.09 bits per heavy atom. The summed E-state index contributed by atoms with van der Waals surface area (Å²) >= 11 is 1.35. The van der Waals surface area contributed by atoms with Crippen LogP contribution >= 0.6 is 11.3 Å². The van der Waals surface area contributed by atoms with E-state index < -0.39 is 22.0 Å². The number of amides is 1. The second-order valence-electron chi connectivity index (χ2n) is 7.77. The van der Waals surface area contributed by atoms with E-state index in [4.69, 9.17) is 21.6 Å². The molecule has 0 aliphatic heterocycles. The van der Waals surface area contributed by atoms with Gasteiger partial charge in [-0.3, -0.25) is 10.2 Å². The van der Waals surface area contributed by atoms with Crippen LogP contribution in [0.25, 0.3) is 10.2 Å².